The van der Waals surface area contributed by atoms with Crippen LogP contribution in [0.4, 0.5) is 5.82 Å². The van der Waals surface area contributed by atoms with Crippen LogP contribution in [-0.2, 0) is 34.2 Å². The van der Waals surface area contributed by atoms with Gasteiger partial charge in [0, 0.05) is 59.2 Å². The zero-order valence-corrected chi connectivity index (χ0v) is 37.4. The second-order valence-corrected chi connectivity index (χ2v) is 18.4. The zero-order valence-electron chi connectivity index (χ0n) is 37.4. The number of likely N-dealkylation sites (N-methyl/N-ethyl adjacent to an activating group) is 2. The number of pyridine rings is 1. The monoisotopic (exact) mass is 872 g/mol. The molecule has 65 heavy (non-hydrogen) atoms. The van der Waals surface area contributed by atoms with E-state index in [0.717, 1.165) is 82.4 Å². The number of nitrogen functional groups attached to an aromatic ring is 1. The molecule has 0 radical (unpaired) electrons. The molecule has 10 rings (SSSR count). The molecule has 11 heteroatoms. The van der Waals surface area contributed by atoms with Gasteiger partial charge in [0.1, 0.15) is 47.6 Å². The van der Waals surface area contributed by atoms with E-state index in [2.05, 4.69) is 77.1 Å². The van der Waals surface area contributed by atoms with Gasteiger partial charge in [-0.1, -0.05) is 66.6 Å². The van der Waals surface area contributed by atoms with E-state index < -0.39 is 17.4 Å². The number of phenolic OH excluding ortho intramolecular Hbond substituents is 2. The summed E-state index contributed by atoms with van der Waals surface area (Å²) in [4.78, 5) is 17.6. The first kappa shape index (κ1) is 42.5. The summed E-state index contributed by atoms with van der Waals surface area (Å²) < 4.78 is 26.3. The molecule has 1 aromatic heterocycles. The van der Waals surface area contributed by atoms with Gasteiger partial charge in [-0.25, -0.2) is 4.98 Å². The third-order valence-electron chi connectivity index (χ3n) is 14.6. The van der Waals surface area contributed by atoms with Crippen molar-refractivity contribution in [1.82, 2.24) is 15.6 Å². The molecule has 11 nitrogen and oxygen atoms in total. The summed E-state index contributed by atoms with van der Waals surface area (Å²) in [6, 6.07) is 24.1. The highest BCUT2D eigenvalue weighted by atomic mass is 16.5. The van der Waals surface area contributed by atoms with Gasteiger partial charge in [-0.15, -0.1) is 0 Å². The maximum absolute atomic E-state index is 12.7. The molecule has 0 amide bonds. The number of nitrogens with zero attached hydrogens (tertiary/aromatic N) is 1. The second kappa shape index (κ2) is 17.1. The Kier molecular flexibility index (Phi) is 11.2. The number of hydrogen-bond donors (Lipinski definition) is 5. The summed E-state index contributed by atoms with van der Waals surface area (Å²) in [5, 5.41) is 29.7. The summed E-state index contributed by atoms with van der Waals surface area (Å²) in [6.07, 6.45) is 8.45. The number of fused-ring (bicyclic) bond motifs is 9. The molecule has 4 bridgehead atoms. The molecule has 6 N–H and O–H groups in total. The second-order valence-electron chi connectivity index (χ2n) is 18.4. The number of phenols is 2. The fourth-order valence-corrected chi connectivity index (χ4v) is 11.8. The fraction of sp³-hybridized carbons (Fsp3) is 0.370. The number of carbonyl (C=O) groups excluding carboxylic acids is 1. The number of hydrogen-bond acceptors (Lipinski definition) is 11. The average molecular weight is 873 g/mol. The Balaban J connectivity index is 1.24. The third-order valence-corrected chi connectivity index (χ3v) is 14.6. The quantitative estimate of drug-likeness (QED) is 0.0722. The highest BCUT2D eigenvalue weighted by Crippen LogP contribution is 2.64. The van der Waals surface area contributed by atoms with Crippen molar-refractivity contribution in [3.8, 4) is 51.7 Å². The number of aromatic hydroxyl groups is 2. The first-order valence-corrected chi connectivity index (χ1v) is 22.8. The molecule has 5 aromatic rings. The molecular weight excluding hydrogens is 817 g/mol. The smallest absolute Gasteiger partial charge is 0.302 e. The number of methoxy groups -OCH3 is 1. The highest BCUT2D eigenvalue weighted by molar-refractivity contribution is 5.84. The maximum atomic E-state index is 12.7. The predicted molar refractivity (Wildman–Crippen MR) is 251 cm³/mol. The van der Waals surface area contributed by atoms with E-state index in [1.165, 1.54) is 12.5 Å². The van der Waals surface area contributed by atoms with Crippen molar-refractivity contribution in [3.63, 3.8) is 0 Å². The molecular formula is C54H56N4O7. The van der Waals surface area contributed by atoms with Crippen LogP contribution in [0.15, 0.2) is 78.9 Å². The van der Waals surface area contributed by atoms with Crippen molar-refractivity contribution in [1.29, 1.82) is 0 Å². The van der Waals surface area contributed by atoms with Gasteiger partial charge >= 0.3 is 5.97 Å². The Labute approximate surface area is 380 Å². The third kappa shape index (κ3) is 7.52. The molecule has 5 aliphatic rings. The molecule has 4 heterocycles. The van der Waals surface area contributed by atoms with Gasteiger partial charge in [-0.2, -0.15) is 0 Å². The zero-order chi connectivity index (χ0) is 45.0. The van der Waals surface area contributed by atoms with Gasteiger partial charge in [0.2, 0.25) is 0 Å². The molecule has 1 spiro atoms. The van der Waals surface area contributed by atoms with E-state index in [1.54, 1.807) is 19.2 Å². The Morgan fingerprint density at radius 2 is 1.83 bits per heavy atom. The van der Waals surface area contributed by atoms with Gasteiger partial charge in [0.25, 0.3) is 0 Å². The number of aryl methyl sites for hydroxylation is 1. The molecule has 1 saturated carbocycles. The lowest BCUT2D eigenvalue weighted by Crippen LogP contribution is -2.44. The number of ether oxygens (including phenoxy) is 4. The summed E-state index contributed by atoms with van der Waals surface area (Å²) in [5.41, 5.74) is 16.4. The van der Waals surface area contributed by atoms with Gasteiger partial charge in [-0.05, 0) is 116 Å². The van der Waals surface area contributed by atoms with Crippen molar-refractivity contribution in [2.24, 2.45) is 5.92 Å². The number of carbonyl (C=O) groups is 1. The largest absolute Gasteiger partial charge is 0.508 e. The fourth-order valence-electron chi connectivity index (χ4n) is 11.8. The molecule has 0 unspecified atom stereocenters. The normalized spacial score (nSPS) is 24.2. The minimum Gasteiger partial charge on any atom is -0.508 e. The summed E-state index contributed by atoms with van der Waals surface area (Å²) >= 11 is 0. The van der Waals surface area contributed by atoms with Crippen LogP contribution in [0.2, 0.25) is 0 Å². The van der Waals surface area contributed by atoms with Crippen LogP contribution in [0.1, 0.15) is 101 Å². The van der Waals surface area contributed by atoms with Crippen LogP contribution in [0, 0.1) is 17.8 Å². The molecule has 7 atom stereocenters. The van der Waals surface area contributed by atoms with Gasteiger partial charge in [0.15, 0.2) is 11.5 Å². The molecule has 334 valence electrons. The highest BCUT2D eigenvalue weighted by Gasteiger charge is 2.52. The van der Waals surface area contributed by atoms with E-state index in [0.29, 0.717) is 41.5 Å². The van der Waals surface area contributed by atoms with Gasteiger partial charge in [-0.3, -0.25) is 4.79 Å². The molecule has 1 fully saturated rings. The maximum Gasteiger partial charge on any atom is 0.302 e. The lowest BCUT2D eigenvalue weighted by molar-refractivity contribution is -0.141. The van der Waals surface area contributed by atoms with Crippen molar-refractivity contribution in [2.75, 3.05) is 40.1 Å². The van der Waals surface area contributed by atoms with Gasteiger partial charge in [0.05, 0.1) is 19.1 Å². The number of nitrogens with two attached hydrogens (primary N) is 1. The number of aromatic nitrogens is 1. The number of benzene rings is 4. The number of rotatable bonds is 9. The van der Waals surface area contributed by atoms with E-state index in [9.17, 15) is 15.0 Å². The van der Waals surface area contributed by atoms with Crippen LogP contribution >= 0.6 is 0 Å². The van der Waals surface area contributed by atoms with Crippen LogP contribution in [0.3, 0.4) is 0 Å². The van der Waals surface area contributed by atoms with Crippen molar-refractivity contribution >= 4 is 17.9 Å². The van der Waals surface area contributed by atoms with E-state index >= 15 is 0 Å². The lowest BCUT2D eigenvalue weighted by Gasteiger charge is -2.39. The van der Waals surface area contributed by atoms with Crippen LogP contribution in [0.25, 0.3) is 17.2 Å². The van der Waals surface area contributed by atoms with E-state index in [4.69, 9.17) is 29.7 Å². The molecule has 0 saturated heterocycles. The minimum atomic E-state index is -0.661. The predicted octanol–water partition coefficient (Wildman–Crippen LogP) is 8.03. The lowest BCUT2D eigenvalue weighted by atomic mass is 9.64. The van der Waals surface area contributed by atoms with E-state index in [1.807, 2.05) is 32.3 Å². The van der Waals surface area contributed by atoms with Crippen molar-refractivity contribution in [2.45, 2.75) is 87.4 Å². The first-order valence-electron chi connectivity index (χ1n) is 22.8. The Morgan fingerprint density at radius 3 is 2.62 bits per heavy atom. The number of anilines is 1. The summed E-state index contributed by atoms with van der Waals surface area (Å²) in [6.45, 7) is 2.03. The van der Waals surface area contributed by atoms with Crippen molar-refractivity contribution < 1.29 is 34.0 Å². The number of esters is 1. The summed E-state index contributed by atoms with van der Waals surface area (Å²) in [7, 11) is 5.41. The van der Waals surface area contributed by atoms with E-state index in [-0.39, 0.29) is 54.5 Å². The van der Waals surface area contributed by atoms with Crippen molar-refractivity contribution in [3.05, 3.63) is 129 Å². The first-order chi connectivity index (χ1) is 31.6. The van der Waals surface area contributed by atoms with Crippen LogP contribution in [-0.4, -0.2) is 67.7 Å². The standard InChI is InChI=1S/C54H56N4O7/c1-30(59)63-29-41-38-15-16-39-48-34(23-35(60)25-45(48)62-4)27-54-22-21-33(26-54)36(14-13-31-9-6-5-7-10-31)37-18-20-47(55)58-42(37)12-8-11-32-24-44(61)51-40(49(32)52(41)65-53(38)50(39)54)17-19-43(57-3)46(64-51)28-56-2/h5-7,9-10,15-20,23-25,33,36,41,43,46,52,56-57,60-61H,11,13-14,21-22,26-29H2,1-4H3,(H2,55,58)/t33-,36+,41-,43+,46+,52-,54-/m0/s1. The van der Waals surface area contributed by atoms with Crippen LogP contribution < -0.4 is 30.6 Å². The Bertz CT molecular complexity index is 2780. The molecule has 2 aliphatic carbocycles. The minimum absolute atomic E-state index is 0.00244. The SMILES string of the molecule is CNC[C@H]1Oc2c(O)cc3c(c2C=C[C@H]1NC)[C@H]1Oc2c(ccc4c2[C@]2(CC[C@@H](C2)[C@@H](CCc2ccccc2)c2ccc(N)nc2C#CC3)Cc2cc(O)cc(OC)c2-4)[C@@H]1COC(C)=O. The Hall–Kier alpha value is -6.48. The topological polar surface area (TPSA) is 157 Å². The number of nitrogens with one attached hydrogen (secondary N) is 2. The summed E-state index contributed by atoms with van der Waals surface area (Å²) in [5.74, 6) is 8.81. The van der Waals surface area contributed by atoms with Gasteiger partial charge < -0.3 is 45.5 Å². The average Bonchev–Trinajstić information content (AvgIpc) is 3.82. The molecule has 4 aromatic carbocycles. The molecule has 3 aliphatic heterocycles. The van der Waals surface area contributed by atoms with Crippen LogP contribution in [0.5, 0.6) is 28.7 Å². The Morgan fingerprint density at radius 1 is 1.00 bits per heavy atom.